The number of aliphatic hydroxyl groups is 1. The van der Waals surface area contributed by atoms with Crippen LogP contribution in [-0.4, -0.2) is 88.6 Å². The summed E-state index contributed by atoms with van der Waals surface area (Å²) < 4.78 is 26.9. The molecule has 14 nitrogen and oxygen atoms in total. The predicted octanol–water partition coefficient (Wildman–Crippen LogP) is 2.07. The molecule has 4 aliphatic carbocycles. The Morgan fingerprint density at radius 2 is 1.44 bits per heavy atom. The fraction of sp³-hybridized carbons (Fsp3) is 0.929. The van der Waals surface area contributed by atoms with Crippen LogP contribution in [0.3, 0.4) is 0 Å². The van der Waals surface area contributed by atoms with Gasteiger partial charge >= 0.3 is 5.97 Å². The number of carboxylic acid groups (broad SMARTS) is 1. The number of sulfone groups is 1. The van der Waals surface area contributed by atoms with Crippen LogP contribution in [0.4, 0.5) is 0 Å². The quantitative estimate of drug-likeness (QED) is 0.119. The Morgan fingerprint density at radius 3 is 2.02 bits per heavy atom. The lowest BCUT2D eigenvalue weighted by Crippen LogP contribution is -2.48. The molecular formula is C28H47N3O11S. The van der Waals surface area contributed by atoms with Crippen molar-refractivity contribution in [3.05, 3.63) is 10.1 Å². The van der Waals surface area contributed by atoms with Gasteiger partial charge in [-0.2, -0.15) is 5.48 Å². The molecule has 0 aliphatic heterocycles. The molecule has 246 valence electrons. The van der Waals surface area contributed by atoms with Gasteiger partial charge in [0.25, 0.3) is 0 Å². The highest BCUT2D eigenvalue weighted by atomic mass is 32.2. The highest BCUT2D eigenvalue weighted by Gasteiger charge is 2.44. The van der Waals surface area contributed by atoms with E-state index in [1.165, 1.54) is 0 Å². The molecule has 4 aliphatic rings. The minimum absolute atomic E-state index is 0.0114. The summed E-state index contributed by atoms with van der Waals surface area (Å²) in [7, 11) is -3.36. The Balaban J connectivity index is 1.17. The first kappa shape index (κ1) is 34.0. The maximum Gasteiger partial charge on any atom is 0.307 e. The molecule has 43 heavy (non-hydrogen) atoms. The number of hydroxylamine groups is 1. The van der Waals surface area contributed by atoms with Crippen molar-refractivity contribution < 1.29 is 48.1 Å². The van der Waals surface area contributed by atoms with Gasteiger partial charge in [-0.15, -0.1) is 0 Å². The van der Waals surface area contributed by atoms with Gasteiger partial charge in [0.1, 0.15) is 0 Å². The van der Waals surface area contributed by atoms with Crippen LogP contribution in [0.25, 0.3) is 0 Å². The molecule has 0 aromatic carbocycles. The molecule has 4 rings (SSSR count). The molecule has 0 saturated heterocycles. The minimum atomic E-state index is -3.36. The maximum atomic E-state index is 13.5. The van der Waals surface area contributed by atoms with E-state index in [9.17, 15) is 38.3 Å². The van der Waals surface area contributed by atoms with Gasteiger partial charge in [-0.25, -0.2) is 13.3 Å². The van der Waals surface area contributed by atoms with E-state index in [2.05, 4.69) is 15.7 Å². The number of hydrogen-bond acceptors (Lipinski definition) is 11. The Bertz CT molecular complexity index is 1060. The summed E-state index contributed by atoms with van der Waals surface area (Å²) in [5.41, 5.74) is 3.09. The monoisotopic (exact) mass is 633 g/mol. The van der Waals surface area contributed by atoms with Gasteiger partial charge in [0.2, 0.25) is 11.9 Å². The third-order valence-electron chi connectivity index (χ3n) is 10.3. The molecule has 0 heterocycles. The van der Waals surface area contributed by atoms with E-state index in [1.54, 1.807) is 0 Å². The van der Waals surface area contributed by atoms with E-state index in [4.69, 9.17) is 10.1 Å². The second kappa shape index (κ2) is 15.4. The van der Waals surface area contributed by atoms with E-state index in [0.29, 0.717) is 70.8 Å². The third-order valence-corrected chi connectivity index (χ3v) is 13.1. The molecule has 4 fully saturated rings. The van der Waals surface area contributed by atoms with E-state index < -0.39 is 61.1 Å². The zero-order valence-corrected chi connectivity index (χ0v) is 25.4. The van der Waals surface area contributed by atoms with Crippen molar-refractivity contribution in [1.82, 2.24) is 10.8 Å². The smallest absolute Gasteiger partial charge is 0.307 e. The lowest BCUT2D eigenvalue weighted by Gasteiger charge is -2.36. The van der Waals surface area contributed by atoms with Gasteiger partial charge in [-0.1, -0.05) is 0 Å². The average Bonchev–Trinajstić information content (AvgIpc) is 2.98. The number of carbonyl (C=O) groups excluding carboxylic acids is 1. The minimum Gasteiger partial charge on any atom is -0.481 e. The molecular weight excluding hydrogens is 586 g/mol. The first-order valence-corrected chi connectivity index (χ1v) is 17.3. The van der Waals surface area contributed by atoms with E-state index in [-0.39, 0.29) is 49.8 Å². The molecule has 15 heteroatoms. The molecule has 0 aromatic heterocycles. The van der Waals surface area contributed by atoms with Crippen LogP contribution in [0.15, 0.2) is 0 Å². The molecule has 1 amide bonds. The summed E-state index contributed by atoms with van der Waals surface area (Å²) in [6.45, 7) is 0.580. The number of carbonyl (C=O) groups is 2. The normalized spacial score (nSPS) is 37.3. The first-order valence-electron chi connectivity index (χ1n) is 15.7. The van der Waals surface area contributed by atoms with Gasteiger partial charge in [-0.3, -0.25) is 25.0 Å². The second-order valence-electron chi connectivity index (χ2n) is 13.1. The zero-order chi connectivity index (χ0) is 31.1. The number of nitrogens with zero attached hydrogens (tertiary/aromatic N) is 1. The molecule has 5 N–H and O–H groups in total. The van der Waals surface area contributed by atoms with Crippen molar-refractivity contribution in [2.45, 2.75) is 125 Å². The Kier molecular flexibility index (Phi) is 12.2. The highest BCUT2D eigenvalue weighted by Crippen LogP contribution is 2.35. The highest BCUT2D eigenvalue weighted by molar-refractivity contribution is 7.92. The van der Waals surface area contributed by atoms with Crippen molar-refractivity contribution in [2.24, 2.45) is 23.7 Å². The molecule has 6 unspecified atom stereocenters. The van der Waals surface area contributed by atoms with E-state index in [0.717, 1.165) is 6.42 Å². The molecule has 0 aromatic rings. The van der Waals surface area contributed by atoms with Gasteiger partial charge in [-0.05, 0) is 88.9 Å². The Labute approximate surface area is 252 Å². The standard InChI is InChI=1S/C28H47N3O11S/c32-22-7-1-17(18(13-22)16-42-38)15-41-30-20-4-10-24(11-5-20)43(39,40)23-8-2-19(3-9-23)29-27(33)25-12-6-21(31(36)37)14-26(25)28(34)35/h17-26,30,32,38H,1-16H2,(H,29,33)(H,34,35). The number of nitrogens with one attached hydrogen (secondary N) is 2. The van der Waals surface area contributed by atoms with Crippen molar-refractivity contribution in [2.75, 3.05) is 13.2 Å². The summed E-state index contributed by atoms with van der Waals surface area (Å²) in [4.78, 5) is 45.4. The number of aliphatic hydroxyl groups excluding tert-OH is 1. The topological polar surface area (TPSA) is 215 Å². The maximum absolute atomic E-state index is 13.5. The lowest BCUT2D eigenvalue weighted by atomic mass is 9.76. The largest absolute Gasteiger partial charge is 0.481 e. The van der Waals surface area contributed by atoms with Gasteiger partial charge in [0.15, 0.2) is 9.84 Å². The molecule has 4 saturated carbocycles. The number of amides is 1. The van der Waals surface area contributed by atoms with Crippen molar-refractivity contribution >= 4 is 21.7 Å². The van der Waals surface area contributed by atoms with Crippen molar-refractivity contribution in [3.8, 4) is 0 Å². The van der Waals surface area contributed by atoms with Crippen molar-refractivity contribution in [1.29, 1.82) is 0 Å². The number of carboxylic acids is 1. The van der Waals surface area contributed by atoms with Crippen molar-refractivity contribution in [3.63, 3.8) is 0 Å². The molecule has 0 spiro atoms. The molecule has 0 bridgehead atoms. The average molecular weight is 634 g/mol. The fourth-order valence-corrected chi connectivity index (χ4v) is 10.0. The van der Waals surface area contributed by atoms with Crippen LogP contribution in [0.1, 0.15) is 89.9 Å². The van der Waals surface area contributed by atoms with Crippen LogP contribution >= 0.6 is 0 Å². The number of rotatable bonds is 12. The summed E-state index contributed by atoms with van der Waals surface area (Å²) in [5.74, 6) is -3.37. The predicted molar refractivity (Wildman–Crippen MR) is 153 cm³/mol. The molecule has 0 radical (unpaired) electrons. The van der Waals surface area contributed by atoms with Gasteiger partial charge < -0.3 is 20.4 Å². The summed E-state index contributed by atoms with van der Waals surface area (Å²) >= 11 is 0. The summed E-state index contributed by atoms with van der Waals surface area (Å²) in [6.07, 6.45) is 6.04. The van der Waals surface area contributed by atoms with Gasteiger partial charge in [0, 0.05) is 29.8 Å². The zero-order valence-electron chi connectivity index (χ0n) is 24.6. The Hall–Kier alpha value is -1.91. The third kappa shape index (κ3) is 8.85. The number of hydrogen-bond donors (Lipinski definition) is 5. The summed E-state index contributed by atoms with van der Waals surface area (Å²) in [6, 6.07) is -1.15. The molecule has 6 atom stereocenters. The first-order chi connectivity index (χ1) is 20.5. The Morgan fingerprint density at radius 1 is 0.814 bits per heavy atom. The lowest BCUT2D eigenvalue weighted by molar-refractivity contribution is -0.528. The summed E-state index contributed by atoms with van der Waals surface area (Å²) in [5, 5.41) is 41.4. The van der Waals surface area contributed by atoms with Crippen LogP contribution in [0.5, 0.6) is 0 Å². The van der Waals surface area contributed by atoms with Crippen LogP contribution in [0, 0.1) is 33.8 Å². The van der Waals surface area contributed by atoms with Crippen LogP contribution in [-0.2, 0) is 29.2 Å². The number of nitro groups is 1. The van der Waals surface area contributed by atoms with E-state index in [1.807, 2.05) is 0 Å². The SMILES string of the molecule is O=C(O)C1CC([N+](=O)[O-])CCC1C(=O)NC1CCC(S(=O)(=O)C2CCC(NOCC3CCC(O)CC3COO)CC2)CC1. The van der Waals surface area contributed by atoms with E-state index >= 15 is 0 Å². The van der Waals surface area contributed by atoms with Crippen LogP contribution < -0.4 is 10.8 Å². The second-order valence-corrected chi connectivity index (χ2v) is 15.6. The van der Waals surface area contributed by atoms with Gasteiger partial charge in [0.05, 0.1) is 41.7 Å². The number of aliphatic carboxylic acids is 1. The van der Waals surface area contributed by atoms with Crippen LogP contribution in [0.2, 0.25) is 0 Å². The fourth-order valence-electron chi connectivity index (χ4n) is 7.65.